The lowest BCUT2D eigenvalue weighted by Gasteiger charge is -2.12. The van der Waals surface area contributed by atoms with Gasteiger partial charge in [0.1, 0.15) is 5.69 Å². The predicted octanol–water partition coefficient (Wildman–Crippen LogP) is 2.95. The Hall–Kier alpha value is -2.36. The number of carbonyl (C=O) groups excluding carboxylic acids is 2. The van der Waals surface area contributed by atoms with Gasteiger partial charge in [-0.25, -0.2) is 0 Å². The molecule has 0 fully saturated rings. The zero-order valence-electron chi connectivity index (χ0n) is 11.0. The number of hydrogen-bond donors (Lipinski definition) is 2. The maximum absolute atomic E-state index is 12.1. The van der Waals surface area contributed by atoms with E-state index in [-0.39, 0.29) is 5.91 Å². The van der Waals surface area contributed by atoms with Crippen LogP contribution in [0, 0.1) is 6.92 Å². The number of aromatic amines is 1. The van der Waals surface area contributed by atoms with Crippen molar-refractivity contribution in [1.82, 2.24) is 4.98 Å². The highest BCUT2D eigenvalue weighted by Gasteiger charge is 2.12. The smallest absolute Gasteiger partial charge is 0.272 e. The third-order valence-electron chi connectivity index (χ3n) is 3.06. The van der Waals surface area contributed by atoms with Gasteiger partial charge in [-0.1, -0.05) is 25.1 Å². The average Bonchev–Trinajstić information content (AvgIpc) is 2.90. The average molecular weight is 256 g/mol. The van der Waals surface area contributed by atoms with E-state index in [9.17, 15) is 9.59 Å². The number of rotatable bonds is 4. The lowest BCUT2D eigenvalue weighted by atomic mass is 10.1. The van der Waals surface area contributed by atoms with Crippen molar-refractivity contribution in [3.63, 3.8) is 0 Å². The summed E-state index contributed by atoms with van der Waals surface area (Å²) in [6, 6.07) is 7.46. The summed E-state index contributed by atoms with van der Waals surface area (Å²) in [7, 11) is 0. The van der Waals surface area contributed by atoms with Gasteiger partial charge < -0.3 is 10.3 Å². The van der Waals surface area contributed by atoms with Gasteiger partial charge in [0.25, 0.3) is 5.91 Å². The number of aromatic nitrogens is 1. The van der Waals surface area contributed by atoms with Gasteiger partial charge in [-0.2, -0.15) is 0 Å². The van der Waals surface area contributed by atoms with E-state index >= 15 is 0 Å². The summed E-state index contributed by atoms with van der Waals surface area (Å²) < 4.78 is 0. The summed E-state index contributed by atoms with van der Waals surface area (Å²) in [5.41, 5.74) is 3.81. The Morgan fingerprint density at radius 2 is 2.21 bits per heavy atom. The van der Waals surface area contributed by atoms with E-state index in [0.717, 1.165) is 23.2 Å². The number of aldehydes is 1. The number of H-pyrrole nitrogens is 1. The molecule has 0 spiro atoms. The maximum Gasteiger partial charge on any atom is 0.272 e. The van der Waals surface area contributed by atoms with Crippen molar-refractivity contribution < 1.29 is 9.59 Å². The lowest BCUT2D eigenvalue weighted by molar-refractivity contribution is 0.102. The van der Waals surface area contributed by atoms with Crippen LogP contribution in [0.3, 0.4) is 0 Å². The van der Waals surface area contributed by atoms with Crippen LogP contribution >= 0.6 is 0 Å². The quantitative estimate of drug-likeness (QED) is 0.826. The molecule has 0 bridgehead atoms. The molecular weight excluding hydrogens is 240 g/mol. The molecule has 19 heavy (non-hydrogen) atoms. The number of aryl methyl sites for hydroxylation is 2. The second kappa shape index (κ2) is 5.52. The highest BCUT2D eigenvalue weighted by atomic mass is 16.2. The van der Waals surface area contributed by atoms with Crippen molar-refractivity contribution in [3.05, 3.63) is 52.8 Å². The first-order valence-electron chi connectivity index (χ1n) is 6.19. The molecule has 0 saturated heterocycles. The number of para-hydroxylation sites is 1. The van der Waals surface area contributed by atoms with Gasteiger partial charge in [0, 0.05) is 17.4 Å². The van der Waals surface area contributed by atoms with Gasteiger partial charge in [-0.15, -0.1) is 0 Å². The lowest BCUT2D eigenvalue weighted by Crippen LogP contribution is -2.14. The minimum absolute atomic E-state index is 0.239. The van der Waals surface area contributed by atoms with Crippen molar-refractivity contribution >= 4 is 17.9 Å². The zero-order chi connectivity index (χ0) is 13.8. The van der Waals surface area contributed by atoms with E-state index in [4.69, 9.17) is 0 Å². The predicted molar refractivity (Wildman–Crippen MR) is 74.7 cm³/mol. The van der Waals surface area contributed by atoms with Gasteiger partial charge in [0.15, 0.2) is 6.29 Å². The molecule has 1 aromatic heterocycles. The van der Waals surface area contributed by atoms with Crippen LogP contribution in [-0.4, -0.2) is 17.2 Å². The summed E-state index contributed by atoms with van der Waals surface area (Å²) in [4.78, 5) is 25.5. The minimum atomic E-state index is -0.239. The van der Waals surface area contributed by atoms with Crippen LogP contribution in [0.25, 0.3) is 0 Å². The Kier molecular flexibility index (Phi) is 3.80. The molecule has 0 aliphatic heterocycles. The molecule has 98 valence electrons. The number of anilines is 1. The minimum Gasteiger partial charge on any atom is -0.356 e. The van der Waals surface area contributed by atoms with Gasteiger partial charge in [-0.3, -0.25) is 9.59 Å². The highest BCUT2D eigenvalue weighted by Crippen LogP contribution is 2.21. The number of carbonyl (C=O) groups is 2. The van der Waals surface area contributed by atoms with Crippen LogP contribution in [0.4, 0.5) is 5.69 Å². The Morgan fingerprint density at radius 3 is 2.84 bits per heavy atom. The first-order valence-corrected chi connectivity index (χ1v) is 6.19. The normalized spacial score (nSPS) is 10.2. The molecule has 0 radical (unpaired) electrons. The number of nitrogens with one attached hydrogen (secondary N) is 2. The fourth-order valence-electron chi connectivity index (χ4n) is 1.99. The Morgan fingerprint density at radius 1 is 1.42 bits per heavy atom. The molecule has 2 N–H and O–H groups in total. The molecule has 4 heteroatoms. The summed E-state index contributed by atoms with van der Waals surface area (Å²) >= 11 is 0. The topological polar surface area (TPSA) is 62.0 Å². The molecule has 0 unspecified atom stereocenters. The number of amides is 1. The fraction of sp³-hybridized carbons (Fsp3) is 0.200. The van der Waals surface area contributed by atoms with Crippen LogP contribution in [-0.2, 0) is 6.42 Å². The first kappa shape index (κ1) is 13.1. The number of benzene rings is 1. The SMILES string of the molecule is CCc1cccc(C)c1NC(=O)c1cc(C=O)c[nH]1. The third kappa shape index (κ3) is 2.73. The summed E-state index contributed by atoms with van der Waals surface area (Å²) in [6.45, 7) is 4.00. The molecular formula is C15H16N2O2. The van der Waals surface area contributed by atoms with Crippen molar-refractivity contribution in [2.24, 2.45) is 0 Å². The van der Waals surface area contributed by atoms with E-state index in [1.54, 1.807) is 0 Å². The van der Waals surface area contributed by atoms with Crippen LogP contribution in [0.2, 0.25) is 0 Å². The third-order valence-corrected chi connectivity index (χ3v) is 3.06. The molecule has 1 aromatic carbocycles. The van der Waals surface area contributed by atoms with E-state index in [2.05, 4.69) is 10.3 Å². The molecule has 4 nitrogen and oxygen atoms in total. The van der Waals surface area contributed by atoms with Gasteiger partial charge >= 0.3 is 0 Å². The van der Waals surface area contributed by atoms with Crippen molar-refractivity contribution in [3.8, 4) is 0 Å². The molecule has 2 rings (SSSR count). The second-order valence-corrected chi connectivity index (χ2v) is 4.38. The molecule has 1 heterocycles. The second-order valence-electron chi connectivity index (χ2n) is 4.38. The van der Waals surface area contributed by atoms with Gasteiger partial charge in [0.05, 0.1) is 0 Å². The number of hydrogen-bond acceptors (Lipinski definition) is 2. The standard InChI is InChI=1S/C15H16N2O2/c1-3-12-6-4-5-10(2)14(12)17-15(19)13-7-11(9-18)8-16-13/h4-9,16H,3H2,1-2H3,(H,17,19). The van der Waals surface area contributed by atoms with E-state index in [1.807, 2.05) is 32.0 Å². The van der Waals surface area contributed by atoms with Crippen LogP contribution < -0.4 is 5.32 Å². The van der Waals surface area contributed by atoms with Crippen molar-refractivity contribution in [1.29, 1.82) is 0 Å². The Labute approximate surface area is 111 Å². The Bertz CT molecular complexity index is 614. The molecule has 0 saturated carbocycles. The van der Waals surface area contributed by atoms with Crippen LogP contribution in [0.1, 0.15) is 38.9 Å². The fourth-order valence-corrected chi connectivity index (χ4v) is 1.99. The molecule has 0 aliphatic rings. The summed E-state index contributed by atoms with van der Waals surface area (Å²) in [6.07, 6.45) is 3.07. The van der Waals surface area contributed by atoms with E-state index < -0.39 is 0 Å². The monoisotopic (exact) mass is 256 g/mol. The van der Waals surface area contributed by atoms with Crippen LogP contribution in [0.5, 0.6) is 0 Å². The Balaban J connectivity index is 2.26. The highest BCUT2D eigenvalue weighted by molar-refractivity contribution is 6.04. The molecule has 1 amide bonds. The summed E-state index contributed by atoms with van der Waals surface area (Å²) in [5.74, 6) is -0.239. The van der Waals surface area contributed by atoms with Gasteiger partial charge in [0.2, 0.25) is 0 Å². The van der Waals surface area contributed by atoms with E-state index in [0.29, 0.717) is 17.5 Å². The van der Waals surface area contributed by atoms with E-state index in [1.165, 1.54) is 12.3 Å². The van der Waals surface area contributed by atoms with Crippen LogP contribution in [0.15, 0.2) is 30.5 Å². The molecule has 0 atom stereocenters. The molecule has 2 aromatic rings. The largest absolute Gasteiger partial charge is 0.356 e. The first-order chi connectivity index (χ1) is 9.15. The molecule has 0 aliphatic carbocycles. The van der Waals surface area contributed by atoms with Crippen molar-refractivity contribution in [2.45, 2.75) is 20.3 Å². The summed E-state index contributed by atoms with van der Waals surface area (Å²) in [5, 5.41) is 2.90. The van der Waals surface area contributed by atoms with Gasteiger partial charge in [-0.05, 0) is 30.5 Å². The maximum atomic E-state index is 12.1. The zero-order valence-corrected chi connectivity index (χ0v) is 11.0. The van der Waals surface area contributed by atoms with Crippen molar-refractivity contribution in [2.75, 3.05) is 5.32 Å².